The zero-order valence-electron chi connectivity index (χ0n) is 15.0. The van der Waals surface area contributed by atoms with Crippen molar-refractivity contribution in [1.82, 2.24) is 10.3 Å². The molecule has 2 aromatic rings. The summed E-state index contributed by atoms with van der Waals surface area (Å²) in [6.45, 7) is 4.00. The number of carbonyl (C=O) groups excluding carboxylic acids is 1. The highest BCUT2D eigenvalue weighted by Gasteiger charge is 2.16. The molecule has 5 nitrogen and oxygen atoms in total. The van der Waals surface area contributed by atoms with Crippen molar-refractivity contribution in [3.63, 3.8) is 0 Å². The number of ether oxygens (including phenoxy) is 2. The van der Waals surface area contributed by atoms with E-state index >= 15 is 0 Å². The summed E-state index contributed by atoms with van der Waals surface area (Å²) in [4.78, 5) is 17.9. The topological polar surface area (TPSA) is 60.5 Å². The Bertz CT molecular complexity index is 752. The molecule has 1 aromatic heterocycles. The fraction of sp³-hybridized carbons (Fsp3) is 0.400. The van der Waals surface area contributed by atoms with E-state index in [1.165, 1.54) is 24.6 Å². The maximum Gasteiger partial charge on any atom is 0.254 e. The number of nitrogens with zero attached hydrogens (tertiary/aromatic N) is 1. The van der Waals surface area contributed by atoms with Crippen molar-refractivity contribution in [1.29, 1.82) is 0 Å². The van der Waals surface area contributed by atoms with Crippen LogP contribution in [-0.2, 0) is 0 Å². The van der Waals surface area contributed by atoms with Gasteiger partial charge in [0.1, 0.15) is 18.2 Å². The summed E-state index contributed by atoms with van der Waals surface area (Å²) in [6.07, 6.45) is 6.24. The SMILES string of the molecule is CCCCCCNC(=O)c1cccnc1Sc1ccc2c(c1)OCCO2. The molecule has 0 fully saturated rings. The van der Waals surface area contributed by atoms with Gasteiger partial charge in [0.2, 0.25) is 0 Å². The first kappa shape index (κ1) is 18.6. The van der Waals surface area contributed by atoms with Crippen molar-refractivity contribution in [3.8, 4) is 11.5 Å². The molecular formula is C20H24N2O3S. The number of hydrogen-bond donors (Lipinski definition) is 1. The van der Waals surface area contributed by atoms with E-state index in [1.807, 2.05) is 24.3 Å². The molecule has 0 unspecified atom stereocenters. The van der Waals surface area contributed by atoms with E-state index in [9.17, 15) is 4.79 Å². The first-order valence-corrected chi connectivity index (χ1v) is 9.90. The van der Waals surface area contributed by atoms with Gasteiger partial charge in [-0.05, 0) is 36.8 Å². The second kappa shape index (κ2) is 9.48. The van der Waals surface area contributed by atoms with E-state index in [-0.39, 0.29) is 5.91 Å². The Hall–Kier alpha value is -2.21. The summed E-state index contributed by atoms with van der Waals surface area (Å²) < 4.78 is 11.2. The van der Waals surface area contributed by atoms with Crippen molar-refractivity contribution in [2.75, 3.05) is 19.8 Å². The number of unbranched alkanes of at least 4 members (excludes halogenated alkanes) is 3. The van der Waals surface area contributed by atoms with Gasteiger partial charge in [0, 0.05) is 17.6 Å². The molecule has 1 aliphatic heterocycles. The third-order valence-electron chi connectivity index (χ3n) is 4.06. The van der Waals surface area contributed by atoms with Gasteiger partial charge in [-0.2, -0.15) is 0 Å². The summed E-state index contributed by atoms with van der Waals surface area (Å²) in [5.41, 5.74) is 0.600. The van der Waals surface area contributed by atoms with Gasteiger partial charge in [-0.15, -0.1) is 0 Å². The van der Waals surface area contributed by atoms with Crippen molar-refractivity contribution in [2.45, 2.75) is 42.5 Å². The Morgan fingerprint density at radius 1 is 1.15 bits per heavy atom. The number of aromatic nitrogens is 1. The molecule has 0 saturated heterocycles. The zero-order valence-corrected chi connectivity index (χ0v) is 15.8. The first-order chi connectivity index (χ1) is 12.8. The van der Waals surface area contributed by atoms with Gasteiger partial charge in [-0.3, -0.25) is 4.79 Å². The fourth-order valence-corrected chi connectivity index (χ4v) is 3.60. The number of amides is 1. The Morgan fingerprint density at radius 2 is 2.00 bits per heavy atom. The van der Waals surface area contributed by atoms with Crippen LogP contribution in [-0.4, -0.2) is 30.6 Å². The van der Waals surface area contributed by atoms with E-state index in [1.54, 1.807) is 12.3 Å². The number of carbonyl (C=O) groups is 1. The quantitative estimate of drug-likeness (QED) is 0.700. The molecule has 0 aliphatic carbocycles. The number of rotatable bonds is 8. The van der Waals surface area contributed by atoms with Crippen LogP contribution in [0.2, 0.25) is 0 Å². The minimum Gasteiger partial charge on any atom is -0.486 e. The lowest BCUT2D eigenvalue weighted by Gasteiger charge is -2.18. The van der Waals surface area contributed by atoms with Crippen LogP contribution in [0, 0.1) is 0 Å². The van der Waals surface area contributed by atoms with E-state index < -0.39 is 0 Å². The second-order valence-corrected chi connectivity index (χ2v) is 7.14. The average molecular weight is 372 g/mol. The smallest absolute Gasteiger partial charge is 0.254 e. The third kappa shape index (κ3) is 4.91. The number of pyridine rings is 1. The molecule has 2 heterocycles. The van der Waals surface area contributed by atoms with Crippen molar-refractivity contribution < 1.29 is 14.3 Å². The van der Waals surface area contributed by atoms with Crippen molar-refractivity contribution in [3.05, 3.63) is 42.1 Å². The number of nitrogens with one attached hydrogen (secondary N) is 1. The van der Waals surface area contributed by atoms with Gasteiger partial charge in [-0.1, -0.05) is 37.9 Å². The Labute approximate surface area is 158 Å². The van der Waals surface area contributed by atoms with E-state index in [4.69, 9.17) is 9.47 Å². The summed E-state index contributed by atoms with van der Waals surface area (Å²) >= 11 is 1.46. The van der Waals surface area contributed by atoms with Gasteiger partial charge in [0.25, 0.3) is 5.91 Å². The molecular weight excluding hydrogens is 348 g/mol. The molecule has 3 rings (SSSR count). The van der Waals surface area contributed by atoms with Crippen molar-refractivity contribution in [2.24, 2.45) is 0 Å². The van der Waals surface area contributed by atoms with Crippen LogP contribution >= 0.6 is 11.8 Å². The predicted molar refractivity (Wildman–Crippen MR) is 102 cm³/mol. The summed E-state index contributed by atoms with van der Waals surface area (Å²) in [5, 5.41) is 3.69. The van der Waals surface area contributed by atoms with E-state index in [0.717, 1.165) is 29.2 Å². The van der Waals surface area contributed by atoms with Crippen LogP contribution in [0.15, 0.2) is 46.5 Å². The zero-order chi connectivity index (χ0) is 18.2. The lowest BCUT2D eigenvalue weighted by atomic mass is 10.2. The maximum atomic E-state index is 12.5. The van der Waals surface area contributed by atoms with Gasteiger partial charge in [0.15, 0.2) is 11.5 Å². The highest BCUT2D eigenvalue weighted by molar-refractivity contribution is 7.99. The average Bonchev–Trinajstić information content (AvgIpc) is 2.68. The molecule has 1 amide bonds. The number of benzene rings is 1. The van der Waals surface area contributed by atoms with Crippen LogP contribution in [0.1, 0.15) is 43.0 Å². The van der Waals surface area contributed by atoms with Crippen LogP contribution in [0.5, 0.6) is 11.5 Å². The summed E-state index contributed by atoms with van der Waals surface area (Å²) in [7, 11) is 0. The molecule has 0 spiro atoms. The van der Waals surface area contributed by atoms with Crippen LogP contribution < -0.4 is 14.8 Å². The minimum absolute atomic E-state index is 0.0744. The normalized spacial score (nSPS) is 12.7. The first-order valence-electron chi connectivity index (χ1n) is 9.08. The lowest BCUT2D eigenvalue weighted by Crippen LogP contribution is -2.25. The van der Waals surface area contributed by atoms with Crippen LogP contribution in [0.4, 0.5) is 0 Å². The predicted octanol–water partition coefficient (Wildman–Crippen LogP) is 4.31. The van der Waals surface area contributed by atoms with Gasteiger partial charge in [-0.25, -0.2) is 4.98 Å². The molecule has 138 valence electrons. The van der Waals surface area contributed by atoms with Gasteiger partial charge in [0.05, 0.1) is 5.56 Å². The molecule has 6 heteroatoms. The highest BCUT2D eigenvalue weighted by atomic mass is 32.2. The van der Waals surface area contributed by atoms with E-state index in [0.29, 0.717) is 30.3 Å². The monoisotopic (exact) mass is 372 g/mol. The summed E-state index contributed by atoms with van der Waals surface area (Å²) in [5.74, 6) is 1.42. The van der Waals surface area contributed by atoms with Crippen LogP contribution in [0.3, 0.4) is 0 Å². The molecule has 1 aliphatic rings. The highest BCUT2D eigenvalue weighted by Crippen LogP contribution is 2.37. The fourth-order valence-electron chi connectivity index (χ4n) is 2.69. The number of fused-ring (bicyclic) bond motifs is 1. The Morgan fingerprint density at radius 3 is 2.85 bits per heavy atom. The number of hydrogen-bond acceptors (Lipinski definition) is 5. The molecule has 0 bridgehead atoms. The Balaban J connectivity index is 1.66. The molecule has 26 heavy (non-hydrogen) atoms. The molecule has 0 radical (unpaired) electrons. The molecule has 0 saturated carbocycles. The van der Waals surface area contributed by atoms with Gasteiger partial charge < -0.3 is 14.8 Å². The van der Waals surface area contributed by atoms with Crippen molar-refractivity contribution >= 4 is 17.7 Å². The Kier molecular flexibility index (Phi) is 6.77. The second-order valence-electron chi connectivity index (χ2n) is 6.08. The van der Waals surface area contributed by atoms with E-state index in [2.05, 4.69) is 17.2 Å². The molecule has 1 N–H and O–H groups in total. The minimum atomic E-state index is -0.0744. The largest absolute Gasteiger partial charge is 0.486 e. The lowest BCUT2D eigenvalue weighted by molar-refractivity contribution is 0.0949. The third-order valence-corrected chi connectivity index (χ3v) is 5.07. The molecule has 1 aromatic carbocycles. The molecule has 0 atom stereocenters. The standard InChI is InChI=1S/C20H24N2O3S/c1-2-3-4-5-10-21-19(23)16-7-6-11-22-20(16)26-15-8-9-17-18(14-15)25-13-12-24-17/h6-9,11,14H,2-5,10,12-13H2,1H3,(H,21,23). The summed E-state index contributed by atoms with van der Waals surface area (Å²) in [6, 6.07) is 9.39. The van der Waals surface area contributed by atoms with Crippen LogP contribution in [0.25, 0.3) is 0 Å². The maximum absolute atomic E-state index is 12.5. The van der Waals surface area contributed by atoms with Gasteiger partial charge >= 0.3 is 0 Å².